The number of allylic oxidation sites excluding steroid dienone is 2. The lowest BCUT2D eigenvalue weighted by Crippen LogP contribution is -2.22. The summed E-state index contributed by atoms with van der Waals surface area (Å²) in [4.78, 5) is 15.9. The second-order valence-corrected chi connectivity index (χ2v) is 5.54. The van der Waals surface area contributed by atoms with Gasteiger partial charge in [0.25, 0.3) is 0 Å². The summed E-state index contributed by atoms with van der Waals surface area (Å²) in [6.07, 6.45) is 4.90. The van der Waals surface area contributed by atoms with Gasteiger partial charge in [-0.25, -0.2) is 4.98 Å². The van der Waals surface area contributed by atoms with Crippen LogP contribution in [0.5, 0.6) is 0 Å². The molecule has 0 bridgehead atoms. The number of hydrogen-bond donors (Lipinski definition) is 1. The molecule has 0 atom stereocenters. The zero-order chi connectivity index (χ0) is 12.6. The van der Waals surface area contributed by atoms with Crippen LogP contribution >= 0.6 is 0 Å². The van der Waals surface area contributed by atoms with Gasteiger partial charge in [-0.1, -0.05) is 13.8 Å². The van der Waals surface area contributed by atoms with Crippen molar-refractivity contribution < 1.29 is 4.79 Å². The van der Waals surface area contributed by atoms with Crippen molar-refractivity contribution in [3.63, 3.8) is 0 Å². The summed E-state index contributed by atoms with van der Waals surface area (Å²) in [6, 6.07) is 1.93. The number of hydrogen-bond acceptors (Lipinski definition) is 3. The van der Waals surface area contributed by atoms with Crippen LogP contribution in [0.1, 0.15) is 37.8 Å². The number of nitrogens with zero attached hydrogens (tertiary/aromatic N) is 1. The van der Waals surface area contributed by atoms with Gasteiger partial charge < -0.3 is 5.73 Å². The van der Waals surface area contributed by atoms with Crippen molar-refractivity contribution in [2.45, 2.75) is 33.6 Å². The number of aromatic nitrogens is 1. The van der Waals surface area contributed by atoms with Crippen molar-refractivity contribution in [1.29, 1.82) is 0 Å². The first-order valence-corrected chi connectivity index (χ1v) is 5.84. The first-order valence-electron chi connectivity index (χ1n) is 5.84. The van der Waals surface area contributed by atoms with Gasteiger partial charge in [0.05, 0.1) is 0 Å². The number of nitrogens with two attached hydrogens (primary N) is 1. The molecule has 2 N–H and O–H groups in total. The van der Waals surface area contributed by atoms with Crippen LogP contribution in [0.4, 0.5) is 5.82 Å². The molecule has 1 aromatic heterocycles. The predicted octanol–water partition coefficient (Wildman–Crippen LogP) is 2.74. The Bertz CT molecular complexity index is 481. The number of pyridine rings is 1. The Morgan fingerprint density at radius 2 is 2.06 bits per heavy atom. The second-order valence-electron chi connectivity index (χ2n) is 5.54. The Labute approximate surface area is 102 Å². The number of ketones is 1. The lowest BCUT2D eigenvalue weighted by atomic mass is 9.74. The fourth-order valence-electron chi connectivity index (χ4n) is 2.50. The monoisotopic (exact) mass is 230 g/mol. The molecule has 1 heterocycles. The summed E-state index contributed by atoms with van der Waals surface area (Å²) in [5.41, 5.74) is 8.97. The van der Waals surface area contributed by atoms with Gasteiger partial charge >= 0.3 is 0 Å². The Hall–Kier alpha value is -1.64. The van der Waals surface area contributed by atoms with Gasteiger partial charge in [-0.2, -0.15) is 0 Å². The van der Waals surface area contributed by atoms with Crippen LogP contribution in [-0.4, -0.2) is 10.8 Å². The number of nitrogen functional groups attached to an aromatic ring is 1. The molecule has 1 aliphatic carbocycles. The summed E-state index contributed by atoms with van der Waals surface area (Å²) < 4.78 is 0. The normalized spacial score (nSPS) is 19.0. The molecule has 3 nitrogen and oxygen atoms in total. The molecule has 0 aliphatic heterocycles. The summed E-state index contributed by atoms with van der Waals surface area (Å²) >= 11 is 0. The Morgan fingerprint density at radius 3 is 2.65 bits per heavy atom. The van der Waals surface area contributed by atoms with E-state index in [0.717, 1.165) is 23.1 Å². The minimum absolute atomic E-state index is 0.00981. The fourth-order valence-corrected chi connectivity index (χ4v) is 2.50. The highest BCUT2D eigenvalue weighted by Crippen LogP contribution is 2.40. The molecule has 0 spiro atoms. The molecule has 0 fully saturated rings. The first-order chi connectivity index (χ1) is 7.89. The smallest absolute Gasteiger partial charge is 0.156 e. The molecule has 1 aliphatic rings. The van der Waals surface area contributed by atoms with Crippen molar-refractivity contribution in [3.05, 3.63) is 29.5 Å². The predicted molar refractivity (Wildman–Crippen MR) is 69.4 cm³/mol. The third kappa shape index (κ3) is 2.38. The molecule has 0 saturated heterocycles. The third-order valence-corrected chi connectivity index (χ3v) is 3.17. The third-order valence-electron chi connectivity index (χ3n) is 3.17. The standard InChI is InChI=1S/C14H18N2O/c1-9-4-5-16-13(15)12(9)10-6-11(17)8-14(2,3)7-10/h4-6H,7-8H2,1-3H3,(H2,15,16). The average Bonchev–Trinajstić information content (AvgIpc) is 2.13. The van der Waals surface area contributed by atoms with Crippen LogP contribution in [0.25, 0.3) is 5.57 Å². The van der Waals surface area contributed by atoms with E-state index in [4.69, 9.17) is 5.73 Å². The van der Waals surface area contributed by atoms with E-state index in [1.54, 1.807) is 12.3 Å². The van der Waals surface area contributed by atoms with Gasteiger partial charge in [-0.15, -0.1) is 0 Å². The van der Waals surface area contributed by atoms with Crippen molar-refractivity contribution in [1.82, 2.24) is 4.98 Å². The van der Waals surface area contributed by atoms with Crippen molar-refractivity contribution in [2.24, 2.45) is 5.41 Å². The summed E-state index contributed by atoms with van der Waals surface area (Å²) in [6.45, 7) is 6.22. The van der Waals surface area contributed by atoms with E-state index in [1.165, 1.54) is 0 Å². The van der Waals surface area contributed by atoms with Crippen LogP contribution in [0.3, 0.4) is 0 Å². The second kappa shape index (κ2) is 3.99. The number of carbonyl (C=O) groups excluding carboxylic acids is 1. The molecule has 0 aromatic carbocycles. The van der Waals surface area contributed by atoms with Crippen molar-refractivity contribution >= 4 is 17.2 Å². The van der Waals surface area contributed by atoms with Gasteiger partial charge in [0.2, 0.25) is 0 Å². The van der Waals surface area contributed by atoms with Crippen LogP contribution in [0, 0.1) is 12.3 Å². The van der Waals surface area contributed by atoms with Crippen LogP contribution < -0.4 is 5.73 Å². The SMILES string of the molecule is Cc1ccnc(N)c1C1=CC(=O)CC(C)(C)C1. The molecular weight excluding hydrogens is 212 g/mol. The van der Waals surface area contributed by atoms with E-state index in [0.29, 0.717) is 12.2 Å². The van der Waals surface area contributed by atoms with E-state index in [-0.39, 0.29) is 11.2 Å². The number of aryl methyl sites for hydroxylation is 1. The molecule has 3 heteroatoms. The fraction of sp³-hybridized carbons (Fsp3) is 0.429. The van der Waals surface area contributed by atoms with E-state index < -0.39 is 0 Å². The molecule has 2 rings (SSSR count). The maximum Gasteiger partial charge on any atom is 0.156 e. The summed E-state index contributed by atoms with van der Waals surface area (Å²) in [5.74, 6) is 0.695. The van der Waals surface area contributed by atoms with Gasteiger partial charge in [0.1, 0.15) is 5.82 Å². The average molecular weight is 230 g/mol. The minimum Gasteiger partial charge on any atom is -0.383 e. The zero-order valence-electron chi connectivity index (χ0n) is 10.6. The Balaban J connectivity index is 2.50. The lowest BCUT2D eigenvalue weighted by molar-refractivity contribution is -0.116. The molecule has 0 amide bonds. The highest BCUT2D eigenvalue weighted by atomic mass is 16.1. The van der Waals surface area contributed by atoms with Gasteiger partial charge in [-0.3, -0.25) is 4.79 Å². The lowest BCUT2D eigenvalue weighted by Gasteiger charge is -2.29. The molecule has 0 radical (unpaired) electrons. The van der Waals surface area contributed by atoms with Crippen molar-refractivity contribution in [3.8, 4) is 0 Å². The van der Waals surface area contributed by atoms with E-state index in [9.17, 15) is 4.79 Å². The summed E-state index contributed by atoms with van der Waals surface area (Å²) in [5, 5.41) is 0. The molecule has 17 heavy (non-hydrogen) atoms. The van der Waals surface area contributed by atoms with Gasteiger partial charge in [0, 0.05) is 18.2 Å². The molecule has 90 valence electrons. The maximum absolute atomic E-state index is 11.7. The molecule has 0 unspecified atom stereocenters. The minimum atomic E-state index is 0.00981. The largest absolute Gasteiger partial charge is 0.383 e. The molecular formula is C14H18N2O. The van der Waals surface area contributed by atoms with E-state index in [2.05, 4.69) is 18.8 Å². The van der Waals surface area contributed by atoms with E-state index >= 15 is 0 Å². The Morgan fingerprint density at radius 1 is 1.35 bits per heavy atom. The number of anilines is 1. The topological polar surface area (TPSA) is 56.0 Å². The first kappa shape index (κ1) is 11.8. The maximum atomic E-state index is 11.7. The van der Waals surface area contributed by atoms with Gasteiger partial charge in [-0.05, 0) is 42.0 Å². The quantitative estimate of drug-likeness (QED) is 0.807. The summed E-state index contributed by atoms with van der Waals surface area (Å²) in [7, 11) is 0. The highest BCUT2D eigenvalue weighted by molar-refractivity contribution is 6.00. The van der Waals surface area contributed by atoms with E-state index in [1.807, 2.05) is 13.0 Å². The highest BCUT2D eigenvalue weighted by Gasteiger charge is 2.29. The van der Waals surface area contributed by atoms with Crippen molar-refractivity contribution in [2.75, 3.05) is 5.73 Å². The van der Waals surface area contributed by atoms with Crippen LogP contribution in [0.2, 0.25) is 0 Å². The van der Waals surface area contributed by atoms with Crippen LogP contribution in [0.15, 0.2) is 18.3 Å². The molecule has 0 saturated carbocycles. The van der Waals surface area contributed by atoms with Crippen LogP contribution in [-0.2, 0) is 4.79 Å². The zero-order valence-corrected chi connectivity index (χ0v) is 10.6. The number of rotatable bonds is 1. The van der Waals surface area contributed by atoms with Gasteiger partial charge in [0.15, 0.2) is 5.78 Å². The molecule has 1 aromatic rings. The Kier molecular flexibility index (Phi) is 2.77. The number of carbonyl (C=O) groups is 1.